The average Bonchev–Trinajstić information content (AvgIpc) is 1.66. The summed E-state index contributed by atoms with van der Waals surface area (Å²) >= 11 is 8.89. The second-order valence-corrected chi connectivity index (χ2v) is 2.67. The van der Waals surface area contributed by atoms with Gasteiger partial charge in [-0.15, -0.1) is 8.78 Å². The van der Waals surface area contributed by atoms with Crippen LogP contribution < -0.4 is 0 Å². The zero-order valence-electron chi connectivity index (χ0n) is 4.58. The van der Waals surface area contributed by atoms with Crippen molar-refractivity contribution in [3.63, 3.8) is 0 Å². The van der Waals surface area contributed by atoms with Crippen LogP contribution >= 0.6 is 23.2 Å². The molecule has 8 heteroatoms. The van der Waals surface area contributed by atoms with Crippen LogP contribution in [0.15, 0.2) is 0 Å². The Hall–Kier alpha value is 0.220. The van der Waals surface area contributed by atoms with E-state index in [1.54, 1.807) is 0 Å². The van der Waals surface area contributed by atoms with Crippen LogP contribution in [0.3, 0.4) is 0 Å². The van der Waals surface area contributed by atoms with Gasteiger partial charge in [0.1, 0.15) is 0 Å². The highest BCUT2D eigenvalue weighted by Gasteiger charge is 2.71. The van der Waals surface area contributed by atoms with Gasteiger partial charge >= 0.3 is 16.9 Å². The summed E-state index contributed by atoms with van der Waals surface area (Å²) in [5, 5.41) is -7.75. The van der Waals surface area contributed by atoms with Gasteiger partial charge in [0.15, 0.2) is 0 Å². The van der Waals surface area contributed by atoms with Crippen molar-refractivity contribution >= 4 is 23.2 Å². The summed E-state index contributed by atoms with van der Waals surface area (Å²) in [5.74, 6) is 0. The lowest BCUT2D eigenvalue weighted by Crippen LogP contribution is -2.34. The van der Waals surface area contributed by atoms with Crippen LogP contribution in [0.5, 0.6) is 0 Å². The molecule has 0 aliphatic carbocycles. The predicted molar refractivity (Wildman–Crippen MR) is 26.5 cm³/mol. The van der Waals surface area contributed by atoms with Crippen molar-refractivity contribution in [3.8, 4) is 0 Å². The van der Waals surface area contributed by atoms with Gasteiger partial charge in [-0.25, -0.2) is 9.47 Å². The normalized spacial score (nSPS) is 49.6. The van der Waals surface area contributed by atoms with Gasteiger partial charge in [-0.2, -0.15) is 8.78 Å². The van der Waals surface area contributed by atoms with E-state index in [-0.39, 0.29) is 0 Å². The SMILES string of the molecule is FC1(F)O[C@](F)(Cl)[C@](F)(Cl)O1. The second-order valence-electron chi connectivity index (χ2n) is 1.70. The molecule has 66 valence electrons. The summed E-state index contributed by atoms with van der Waals surface area (Å²) < 4.78 is 54.3. The molecule has 0 spiro atoms. The maximum absolute atomic E-state index is 12.3. The van der Waals surface area contributed by atoms with E-state index in [1.165, 1.54) is 0 Å². The van der Waals surface area contributed by atoms with E-state index in [0.29, 0.717) is 0 Å². The van der Waals surface area contributed by atoms with E-state index < -0.39 is 16.9 Å². The summed E-state index contributed by atoms with van der Waals surface area (Å²) in [5.41, 5.74) is 0. The highest BCUT2D eigenvalue weighted by atomic mass is 35.5. The fourth-order valence-electron chi connectivity index (χ4n) is 0.438. The van der Waals surface area contributed by atoms with E-state index in [9.17, 15) is 17.6 Å². The maximum atomic E-state index is 12.3. The number of ether oxygens (including phenoxy) is 2. The van der Waals surface area contributed by atoms with Gasteiger partial charge in [-0.05, 0) is 23.2 Å². The molecule has 1 heterocycles. The van der Waals surface area contributed by atoms with Crippen molar-refractivity contribution < 1.29 is 27.0 Å². The molecule has 0 radical (unpaired) electrons. The lowest BCUT2D eigenvalue weighted by molar-refractivity contribution is -0.366. The second kappa shape index (κ2) is 2.12. The van der Waals surface area contributed by atoms with Crippen molar-refractivity contribution in [1.82, 2.24) is 0 Å². The summed E-state index contributed by atoms with van der Waals surface area (Å²) in [6.07, 6.45) is -4.45. The van der Waals surface area contributed by atoms with E-state index >= 15 is 0 Å². The van der Waals surface area contributed by atoms with Crippen molar-refractivity contribution in [1.29, 1.82) is 0 Å². The molecule has 1 rings (SSSR count). The Morgan fingerprint density at radius 2 is 1.09 bits per heavy atom. The summed E-state index contributed by atoms with van der Waals surface area (Å²) in [7, 11) is 0. The molecule has 1 aliphatic heterocycles. The fourth-order valence-corrected chi connectivity index (χ4v) is 0.695. The average molecular weight is 215 g/mol. The summed E-state index contributed by atoms with van der Waals surface area (Å²) in [6, 6.07) is 0. The minimum atomic E-state index is -4.45. The standard InChI is InChI=1S/C3Cl2F4O2/c4-1(6)2(5,7)11-3(8,9)10-1/t1-,2+. The third-order valence-electron chi connectivity index (χ3n) is 0.833. The number of alkyl halides is 6. The molecule has 0 saturated carbocycles. The van der Waals surface area contributed by atoms with Crippen molar-refractivity contribution in [2.45, 2.75) is 16.9 Å². The minimum absolute atomic E-state index is 2.99. The zero-order chi connectivity index (χ0) is 8.91. The first-order chi connectivity index (χ1) is 4.66. The van der Waals surface area contributed by atoms with Crippen LogP contribution in [0.4, 0.5) is 17.6 Å². The third-order valence-corrected chi connectivity index (χ3v) is 1.57. The molecule has 1 fully saturated rings. The molecule has 2 nitrogen and oxygen atoms in total. The van der Waals surface area contributed by atoms with Crippen LogP contribution in [-0.2, 0) is 9.47 Å². The van der Waals surface area contributed by atoms with Crippen LogP contribution in [0.1, 0.15) is 0 Å². The smallest absolute Gasteiger partial charge is 0.238 e. The molecule has 0 bridgehead atoms. The van der Waals surface area contributed by atoms with Crippen molar-refractivity contribution in [2.24, 2.45) is 0 Å². The molecule has 2 atom stereocenters. The molecule has 0 N–H and O–H groups in total. The fraction of sp³-hybridized carbons (Fsp3) is 1.00. The first-order valence-corrected chi connectivity index (χ1v) is 2.96. The highest BCUT2D eigenvalue weighted by Crippen LogP contribution is 2.52. The van der Waals surface area contributed by atoms with Gasteiger partial charge in [-0.1, -0.05) is 0 Å². The monoisotopic (exact) mass is 214 g/mol. The third kappa shape index (κ3) is 1.53. The van der Waals surface area contributed by atoms with Crippen LogP contribution in [0.2, 0.25) is 0 Å². The quantitative estimate of drug-likeness (QED) is 0.455. The molecule has 0 aromatic heterocycles. The number of hydrogen-bond donors (Lipinski definition) is 0. The van der Waals surface area contributed by atoms with Crippen LogP contribution in [0.25, 0.3) is 0 Å². The molecular weight excluding hydrogens is 215 g/mol. The summed E-state index contributed by atoms with van der Waals surface area (Å²) in [4.78, 5) is 0. The highest BCUT2D eigenvalue weighted by molar-refractivity contribution is 6.32. The summed E-state index contributed by atoms with van der Waals surface area (Å²) in [6.45, 7) is 0. The van der Waals surface area contributed by atoms with Gasteiger partial charge in [0, 0.05) is 0 Å². The Labute approximate surface area is 68.0 Å². The number of halogens is 6. The van der Waals surface area contributed by atoms with Crippen molar-refractivity contribution in [2.75, 3.05) is 0 Å². The molecule has 0 amide bonds. The maximum Gasteiger partial charge on any atom is 0.493 e. The molecule has 1 aliphatic rings. The van der Waals surface area contributed by atoms with E-state index in [0.717, 1.165) is 0 Å². The Morgan fingerprint density at radius 1 is 0.818 bits per heavy atom. The Balaban J connectivity index is 2.89. The zero-order valence-corrected chi connectivity index (χ0v) is 6.10. The van der Waals surface area contributed by atoms with Gasteiger partial charge < -0.3 is 0 Å². The topological polar surface area (TPSA) is 18.5 Å². The van der Waals surface area contributed by atoms with E-state index in [2.05, 4.69) is 32.7 Å². The Morgan fingerprint density at radius 3 is 1.18 bits per heavy atom. The molecular formula is C3Cl2F4O2. The lowest BCUT2D eigenvalue weighted by Gasteiger charge is -2.14. The van der Waals surface area contributed by atoms with Gasteiger partial charge in [0.05, 0.1) is 0 Å². The number of hydrogen-bond acceptors (Lipinski definition) is 2. The molecule has 0 unspecified atom stereocenters. The largest absolute Gasteiger partial charge is 0.493 e. The van der Waals surface area contributed by atoms with E-state index in [4.69, 9.17) is 0 Å². The first kappa shape index (κ1) is 9.31. The van der Waals surface area contributed by atoms with Gasteiger partial charge in [-0.3, -0.25) is 0 Å². The molecule has 0 aromatic carbocycles. The molecule has 1 saturated heterocycles. The predicted octanol–water partition coefficient (Wildman–Crippen LogP) is 2.31. The van der Waals surface area contributed by atoms with Crippen LogP contribution in [0, 0.1) is 0 Å². The Kier molecular flexibility index (Phi) is 1.80. The van der Waals surface area contributed by atoms with Gasteiger partial charge in [0.25, 0.3) is 0 Å². The van der Waals surface area contributed by atoms with Gasteiger partial charge in [0.2, 0.25) is 0 Å². The van der Waals surface area contributed by atoms with Crippen molar-refractivity contribution in [3.05, 3.63) is 0 Å². The molecule has 11 heavy (non-hydrogen) atoms. The Bertz CT molecular complexity index is 164. The van der Waals surface area contributed by atoms with E-state index in [1.807, 2.05) is 0 Å². The molecule has 0 aromatic rings. The lowest BCUT2D eigenvalue weighted by atomic mass is 10.7. The number of rotatable bonds is 0. The van der Waals surface area contributed by atoms with Crippen LogP contribution in [-0.4, -0.2) is 16.9 Å². The first-order valence-electron chi connectivity index (χ1n) is 2.20. The minimum Gasteiger partial charge on any atom is -0.238 e.